The molecule has 0 radical (unpaired) electrons. The predicted molar refractivity (Wildman–Crippen MR) is 77.5 cm³/mol. The number of anilines is 1. The van der Waals surface area contributed by atoms with Gasteiger partial charge in [0.05, 0.1) is 10.0 Å². The molecule has 0 aliphatic rings. The normalized spacial score (nSPS) is 9.83. The maximum absolute atomic E-state index is 9.03. The Bertz CT molecular complexity index is 635. The van der Waals surface area contributed by atoms with E-state index in [4.69, 9.17) is 15.7 Å². The first kappa shape index (κ1) is 12.9. The van der Waals surface area contributed by atoms with Gasteiger partial charge >= 0.3 is 0 Å². The number of nitrogens with two attached hydrogens (primary N) is 1. The molecule has 90 valence electrons. The third-order valence-electron chi connectivity index (χ3n) is 2.24. The average Bonchev–Trinajstić information content (AvgIpc) is 2.34. The Labute approximate surface area is 121 Å². The van der Waals surface area contributed by atoms with E-state index in [-0.39, 0.29) is 0 Å². The van der Waals surface area contributed by atoms with Crippen molar-refractivity contribution >= 4 is 37.5 Å². The van der Waals surface area contributed by atoms with Crippen LogP contribution < -0.4 is 10.5 Å². The Kier molecular flexibility index (Phi) is 3.90. The van der Waals surface area contributed by atoms with Crippen molar-refractivity contribution in [2.45, 2.75) is 0 Å². The topological polar surface area (TPSA) is 59.0 Å². The fourth-order valence-corrected chi connectivity index (χ4v) is 2.53. The summed E-state index contributed by atoms with van der Waals surface area (Å²) in [6.07, 6.45) is 0. The van der Waals surface area contributed by atoms with Gasteiger partial charge < -0.3 is 10.5 Å². The van der Waals surface area contributed by atoms with E-state index >= 15 is 0 Å². The maximum atomic E-state index is 9.03. The Morgan fingerprint density at radius 3 is 2.44 bits per heavy atom. The van der Waals surface area contributed by atoms with E-state index < -0.39 is 0 Å². The van der Waals surface area contributed by atoms with Crippen LogP contribution in [0.15, 0.2) is 45.3 Å². The van der Waals surface area contributed by atoms with Gasteiger partial charge in [-0.25, -0.2) is 0 Å². The van der Waals surface area contributed by atoms with E-state index in [1.807, 2.05) is 18.2 Å². The fourth-order valence-electron chi connectivity index (χ4n) is 1.40. The van der Waals surface area contributed by atoms with Gasteiger partial charge in [-0.3, -0.25) is 0 Å². The molecule has 0 atom stereocenters. The molecule has 0 fully saturated rings. The lowest BCUT2D eigenvalue weighted by Crippen LogP contribution is -1.92. The molecule has 2 aromatic carbocycles. The number of hydrogen-bond acceptors (Lipinski definition) is 3. The van der Waals surface area contributed by atoms with Crippen LogP contribution in [-0.4, -0.2) is 0 Å². The first-order chi connectivity index (χ1) is 8.60. The van der Waals surface area contributed by atoms with Crippen molar-refractivity contribution in [1.82, 2.24) is 0 Å². The number of nitrogens with zero attached hydrogens (tertiary/aromatic N) is 1. The molecular weight excluding hydrogens is 360 g/mol. The number of rotatable bonds is 2. The number of nitrogen functional groups attached to an aromatic ring is 1. The zero-order valence-corrected chi connectivity index (χ0v) is 12.3. The van der Waals surface area contributed by atoms with Crippen molar-refractivity contribution in [2.75, 3.05) is 5.73 Å². The van der Waals surface area contributed by atoms with Crippen LogP contribution in [0, 0.1) is 11.3 Å². The average molecular weight is 368 g/mol. The molecular formula is C13H8Br2N2O. The van der Waals surface area contributed by atoms with Crippen LogP contribution in [0.5, 0.6) is 11.5 Å². The first-order valence-corrected chi connectivity index (χ1v) is 6.61. The number of halogens is 2. The molecule has 0 aliphatic heterocycles. The highest BCUT2D eigenvalue weighted by molar-refractivity contribution is 9.11. The van der Waals surface area contributed by atoms with Gasteiger partial charge in [-0.05, 0) is 52.3 Å². The van der Waals surface area contributed by atoms with Crippen LogP contribution in [0.25, 0.3) is 0 Å². The van der Waals surface area contributed by atoms with Gasteiger partial charge in [0.15, 0.2) is 0 Å². The molecule has 2 rings (SSSR count). The standard InChI is InChI=1S/C13H8Br2N2O/c14-9-1-3-13(11(15)6-9)18-12-4-2-10(17)5-8(12)7-16/h1-6H,17H2. The molecule has 0 unspecified atom stereocenters. The molecule has 0 bridgehead atoms. The van der Waals surface area contributed by atoms with Crippen LogP contribution in [0.4, 0.5) is 5.69 Å². The lowest BCUT2D eigenvalue weighted by atomic mass is 10.2. The molecule has 0 aliphatic carbocycles. The lowest BCUT2D eigenvalue weighted by molar-refractivity contribution is 0.478. The van der Waals surface area contributed by atoms with Crippen molar-refractivity contribution in [3.63, 3.8) is 0 Å². The second-order valence-electron chi connectivity index (χ2n) is 3.54. The molecule has 2 aromatic rings. The van der Waals surface area contributed by atoms with Crippen LogP contribution in [0.3, 0.4) is 0 Å². The minimum Gasteiger partial charge on any atom is -0.455 e. The molecule has 0 saturated carbocycles. The first-order valence-electron chi connectivity index (χ1n) is 5.02. The highest BCUT2D eigenvalue weighted by Crippen LogP contribution is 2.33. The summed E-state index contributed by atoms with van der Waals surface area (Å²) in [5, 5.41) is 9.03. The predicted octanol–water partition coefficient (Wildman–Crippen LogP) is 4.46. The van der Waals surface area contributed by atoms with Gasteiger partial charge in [0.2, 0.25) is 0 Å². The second-order valence-corrected chi connectivity index (χ2v) is 5.31. The van der Waals surface area contributed by atoms with Gasteiger partial charge in [0, 0.05) is 10.2 Å². The Morgan fingerprint density at radius 2 is 1.78 bits per heavy atom. The van der Waals surface area contributed by atoms with Crippen LogP contribution in [0.2, 0.25) is 0 Å². The smallest absolute Gasteiger partial charge is 0.145 e. The summed E-state index contributed by atoms with van der Waals surface area (Å²) < 4.78 is 7.44. The Balaban J connectivity index is 2.37. The molecule has 0 heterocycles. The largest absolute Gasteiger partial charge is 0.455 e. The number of ether oxygens (including phenoxy) is 1. The summed E-state index contributed by atoms with van der Waals surface area (Å²) in [6, 6.07) is 12.6. The molecule has 0 saturated heterocycles. The summed E-state index contributed by atoms with van der Waals surface area (Å²) in [5.74, 6) is 1.12. The van der Waals surface area contributed by atoms with E-state index in [9.17, 15) is 0 Å². The third kappa shape index (κ3) is 2.84. The lowest BCUT2D eigenvalue weighted by Gasteiger charge is -2.09. The molecule has 0 spiro atoms. The van der Waals surface area contributed by atoms with Crippen molar-refractivity contribution < 1.29 is 4.74 Å². The van der Waals surface area contributed by atoms with Crippen LogP contribution in [0.1, 0.15) is 5.56 Å². The minimum atomic E-state index is 0.407. The number of benzene rings is 2. The minimum absolute atomic E-state index is 0.407. The molecule has 0 amide bonds. The highest BCUT2D eigenvalue weighted by Gasteiger charge is 2.08. The van der Waals surface area contributed by atoms with Gasteiger partial charge in [0.1, 0.15) is 17.6 Å². The summed E-state index contributed by atoms with van der Waals surface area (Å²) in [7, 11) is 0. The van der Waals surface area contributed by atoms with E-state index in [2.05, 4.69) is 37.9 Å². The third-order valence-corrected chi connectivity index (χ3v) is 3.35. The highest BCUT2D eigenvalue weighted by atomic mass is 79.9. The Morgan fingerprint density at radius 1 is 1.06 bits per heavy atom. The second kappa shape index (κ2) is 5.42. The fraction of sp³-hybridized carbons (Fsp3) is 0. The van der Waals surface area contributed by atoms with E-state index in [1.165, 1.54) is 0 Å². The van der Waals surface area contributed by atoms with Gasteiger partial charge in [0.25, 0.3) is 0 Å². The van der Waals surface area contributed by atoms with Crippen molar-refractivity contribution in [3.8, 4) is 17.6 Å². The van der Waals surface area contributed by atoms with Crippen molar-refractivity contribution in [2.24, 2.45) is 0 Å². The SMILES string of the molecule is N#Cc1cc(N)ccc1Oc1ccc(Br)cc1Br. The molecule has 3 nitrogen and oxygen atoms in total. The van der Waals surface area contributed by atoms with E-state index in [0.29, 0.717) is 22.7 Å². The quantitative estimate of drug-likeness (QED) is 0.797. The van der Waals surface area contributed by atoms with Crippen molar-refractivity contribution in [3.05, 3.63) is 50.9 Å². The summed E-state index contributed by atoms with van der Waals surface area (Å²) in [4.78, 5) is 0. The zero-order chi connectivity index (χ0) is 13.1. The monoisotopic (exact) mass is 366 g/mol. The Hall–Kier alpha value is -1.51. The van der Waals surface area contributed by atoms with E-state index in [1.54, 1.807) is 18.2 Å². The maximum Gasteiger partial charge on any atom is 0.145 e. The van der Waals surface area contributed by atoms with Gasteiger partial charge in [-0.15, -0.1) is 0 Å². The molecule has 2 N–H and O–H groups in total. The van der Waals surface area contributed by atoms with Gasteiger partial charge in [-0.2, -0.15) is 5.26 Å². The number of nitriles is 1. The summed E-state index contributed by atoms with van der Waals surface area (Å²) in [6.45, 7) is 0. The summed E-state index contributed by atoms with van der Waals surface area (Å²) >= 11 is 6.77. The van der Waals surface area contributed by atoms with Gasteiger partial charge in [-0.1, -0.05) is 15.9 Å². The van der Waals surface area contributed by atoms with E-state index in [0.717, 1.165) is 8.95 Å². The zero-order valence-electron chi connectivity index (χ0n) is 9.15. The van der Waals surface area contributed by atoms with Crippen LogP contribution in [-0.2, 0) is 0 Å². The van der Waals surface area contributed by atoms with Crippen LogP contribution >= 0.6 is 31.9 Å². The molecule has 18 heavy (non-hydrogen) atoms. The number of hydrogen-bond donors (Lipinski definition) is 1. The summed E-state index contributed by atoms with van der Waals surface area (Å²) in [5.41, 5.74) is 6.57. The van der Waals surface area contributed by atoms with Crippen molar-refractivity contribution in [1.29, 1.82) is 5.26 Å². The molecule has 5 heteroatoms. The molecule has 0 aromatic heterocycles.